The van der Waals surface area contributed by atoms with Crippen molar-refractivity contribution in [3.8, 4) is 0 Å². The zero-order valence-corrected chi connectivity index (χ0v) is 11.6. The Morgan fingerprint density at radius 1 is 1.05 bits per heavy atom. The molecule has 0 aliphatic carbocycles. The number of nitrogens with one attached hydrogen (secondary N) is 1. The van der Waals surface area contributed by atoms with Gasteiger partial charge in [0.15, 0.2) is 0 Å². The van der Waals surface area contributed by atoms with Crippen LogP contribution >= 0.6 is 0 Å². The molecule has 0 heterocycles. The molecule has 20 heavy (non-hydrogen) atoms. The van der Waals surface area contributed by atoms with Crippen molar-refractivity contribution < 1.29 is 13.2 Å². The molecule has 0 atom stereocenters. The number of rotatable bonds is 4. The normalized spacial score (nSPS) is 11.1. The highest BCUT2D eigenvalue weighted by Crippen LogP contribution is 2.22. The second-order valence-electron chi connectivity index (χ2n) is 4.26. The van der Waals surface area contributed by atoms with Crippen LogP contribution in [0.2, 0.25) is 0 Å². The molecule has 3 N–H and O–H groups in total. The smallest absolute Gasteiger partial charge is 0.261 e. The van der Waals surface area contributed by atoms with E-state index in [2.05, 4.69) is 4.72 Å². The first kappa shape index (κ1) is 14.1. The van der Waals surface area contributed by atoms with Crippen LogP contribution in [0.15, 0.2) is 53.4 Å². The minimum Gasteiger partial charge on any atom is -0.366 e. The van der Waals surface area contributed by atoms with Crippen LogP contribution in [0.4, 0.5) is 5.69 Å². The zero-order chi connectivity index (χ0) is 14.8. The van der Waals surface area contributed by atoms with Gasteiger partial charge >= 0.3 is 0 Å². The van der Waals surface area contributed by atoms with E-state index in [1.807, 2.05) is 0 Å². The topological polar surface area (TPSA) is 89.3 Å². The highest BCUT2D eigenvalue weighted by atomic mass is 32.2. The molecule has 2 aromatic carbocycles. The molecule has 0 aliphatic heterocycles. The molecule has 1 amide bonds. The van der Waals surface area contributed by atoms with E-state index in [1.165, 1.54) is 12.1 Å². The van der Waals surface area contributed by atoms with Gasteiger partial charge in [0.1, 0.15) is 0 Å². The predicted molar refractivity (Wildman–Crippen MR) is 76.9 cm³/mol. The summed E-state index contributed by atoms with van der Waals surface area (Å²) in [5, 5.41) is 0. The Kier molecular flexibility index (Phi) is 3.76. The summed E-state index contributed by atoms with van der Waals surface area (Å²) in [6.45, 7) is 1.64. The molecular formula is C14H14N2O3S. The molecule has 0 aromatic heterocycles. The molecule has 0 spiro atoms. The Labute approximate surface area is 117 Å². The third-order valence-electron chi connectivity index (χ3n) is 2.90. The summed E-state index contributed by atoms with van der Waals surface area (Å²) < 4.78 is 26.9. The van der Waals surface area contributed by atoms with Gasteiger partial charge < -0.3 is 5.73 Å². The van der Waals surface area contributed by atoms with Crippen LogP contribution < -0.4 is 10.5 Å². The lowest BCUT2D eigenvalue weighted by molar-refractivity contribution is 0.0999. The number of sulfonamides is 1. The van der Waals surface area contributed by atoms with Crippen LogP contribution in [-0.4, -0.2) is 14.3 Å². The number of primary amides is 1. The van der Waals surface area contributed by atoms with Crippen molar-refractivity contribution in [2.24, 2.45) is 5.73 Å². The highest BCUT2D eigenvalue weighted by Gasteiger charge is 2.16. The van der Waals surface area contributed by atoms with Crippen LogP contribution in [0, 0.1) is 6.92 Å². The van der Waals surface area contributed by atoms with Crippen molar-refractivity contribution in [2.45, 2.75) is 11.8 Å². The first-order chi connectivity index (χ1) is 9.42. The summed E-state index contributed by atoms with van der Waals surface area (Å²) in [6, 6.07) is 12.7. The second-order valence-corrected chi connectivity index (χ2v) is 5.94. The Morgan fingerprint density at radius 2 is 1.70 bits per heavy atom. The van der Waals surface area contributed by atoms with Gasteiger partial charge in [-0.2, -0.15) is 0 Å². The van der Waals surface area contributed by atoms with Crippen molar-refractivity contribution in [3.05, 3.63) is 59.7 Å². The average molecular weight is 290 g/mol. The highest BCUT2D eigenvalue weighted by molar-refractivity contribution is 7.92. The summed E-state index contributed by atoms with van der Waals surface area (Å²) in [7, 11) is -3.68. The molecule has 2 rings (SSSR count). The van der Waals surface area contributed by atoms with Crippen molar-refractivity contribution in [3.63, 3.8) is 0 Å². The molecule has 0 bridgehead atoms. The predicted octanol–water partition coefficient (Wildman–Crippen LogP) is 1.89. The molecule has 0 fully saturated rings. The standard InChI is InChI=1S/C14H14N2O3S/c1-10-12(14(15)17)8-5-9-13(10)16-20(18,19)11-6-3-2-4-7-11/h2-9,16H,1H3,(H2,15,17). The van der Waals surface area contributed by atoms with E-state index in [-0.39, 0.29) is 4.90 Å². The number of anilines is 1. The average Bonchev–Trinajstić information content (AvgIpc) is 2.41. The summed E-state index contributed by atoms with van der Waals surface area (Å²) in [5.74, 6) is -0.594. The van der Waals surface area contributed by atoms with Gasteiger partial charge in [0.2, 0.25) is 5.91 Å². The number of nitrogens with two attached hydrogens (primary N) is 1. The van der Waals surface area contributed by atoms with E-state index < -0.39 is 15.9 Å². The van der Waals surface area contributed by atoms with E-state index >= 15 is 0 Å². The molecule has 5 nitrogen and oxygen atoms in total. The minimum atomic E-state index is -3.68. The number of carbonyl (C=O) groups excluding carboxylic acids is 1. The largest absolute Gasteiger partial charge is 0.366 e. The van der Waals surface area contributed by atoms with E-state index in [0.29, 0.717) is 16.8 Å². The maximum absolute atomic E-state index is 12.2. The van der Waals surface area contributed by atoms with Crippen LogP contribution in [0.5, 0.6) is 0 Å². The molecule has 0 unspecified atom stereocenters. The SMILES string of the molecule is Cc1c(NS(=O)(=O)c2ccccc2)cccc1C(N)=O. The first-order valence-corrected chi connectivity index (χ1v) is 7.37. The van der Waals surface area contributed by atoms with Crippen LogP contribution in [0.25, 0.3) is 0 Å². The van der Waals surface area contributed by atoms with Crippen LogP contribution in [0.3, 0.4) is 0 Å². The third-order valence-corrected chi connectivity index (χ3v) is 4.28. The summed E-state index contributed by atoms with van der Waals surface area (Å²) in [4.78, 5) is 11.4. The summed E-state index contributed by atoms with van der Waals surface area (Å²) in [5.41, 5.74) is 6.37. The lowest BCUT2D eigenvalue weighted by atomic mass is 10.1. The van der Waals surface area contributed by atoms with E-state index in [1.54, 1.807) is 43.3 Å². The minimum absolute atomic E-state index is 0.156. The molecule has 0 radical (unpaired) electrons. The molecule has 6 heteroatoms. The molecule has 0 saturated heterocycles. The van der Waals surface area contributed by atoms with Gasteiger partial charge in [0.05, 0.1) is 10.6 Å². The number of carbonyl (C=O) groups is 1. The number of hydrogen-bond donors (Lipinski definition) is 2. The van der Waals surface area contributed by atoms with Gasteiger partial charge in [-0.15, -0.1) is 0 Å². The number of amides is 1. The van der Waals surface area contributed by atoms with Crippen molar-refractivity contribution in [1.82, 2.24) is 0 Å². The fraction of sp³-hybridized carbons (Fsp3) is 0.0714. The molecule has 2 aromatic rings. The molecule has 104 valence electrons. The van der Waals surface area contributed by atoms with E-state index in [0.717, 1.165) is 0 Å². The molecule has 0 saturated carbocycles. The summed E-state index contributed by atoms with van der Waals surface area (Å²) in [6.07, 6.45) is 0. The van der Waals surface area contributed by atoms with Gasteiger partial charge in [-0.25, -0.2) is 8.42 Å². The quantitative estimate of drug-likeness (QED) is 0.901. The van der Waals surface area contributed by atoms with Gasteiger partial charge in [-0.05, 0) is 36.8 Å². The monoisotopic (exact) mass is 290 g/mol. The van der Waals surface area contributed by atoms with Gasteiger partial charge in [0.25, 0.3) is 10.0 Å². The van der Waals surface area contributed by atoms with E-state index in [9.17, 15) is 13.2 Å². The number of hydrogen-bond acceptors (Lipinski definition) is 3. The van der Waals surface area contributed by atoms with Crippen molar-refractivity contribution in [2.75, 3.05) is 4.72 Å². The molecular weight excluding hydrogens is 276 g/mol. The molecule has 0 aliphatic rings. The van der Waals surface area contributed by atoms with Gasteiger partial charge in [0, 0.05) is 5.56 Å². The third kappa shape index (κ3) is 2.80. The Morgan fingerprint density at radius 3 is 2.30 bits per heavy atom. The van der Waals surface area contributed by atoms with Crippen molar-refractivity contribution >= 4 is 21.6 Å². The number of benzene rings is 2. The Bertz CT molecular complexity index is 740. The Hall–Kier alpha value is -2.34. The maximum Gasteiger partial charge on any atom is 0.261 e. The fourth-order valence-corrected chi connectivity index (χ4v) is 2.96. The summed E-state index contributed by atoms with van der Waals surface area (Å²) >= 11 is 0. The van der Waals surface area contributed by atoms with Crippen LogP contribution in [0.1, 0.15) is 15.9 Å². The lowest BCUT2D eigenvalue weighted by Crippen LogP contribution is -2.17. The Balaban J connectivity index is 2.41. The van der Waals surface area contributed by atoms with E-state index in [4.69, 9.17) is 5.73 Å². The maximum atomic E-state index is 12.2. The lowest BCUT2D eigenvalue weighted by Gasteiger charge is -2.12. The van der Waals surface area contributed by atoms with Gasteiger partial charge in [-0.3, -0.25) is 9.52 Å². The van der Waals surface area contributed by atoms with Crippen LogP contribution in [-0.2, 0) is 10.0 Å². The first-order valence-electron chi connectivity index (χ1n) is 5.89. The fourth-order valence-electron chi connectivity index (χ4n) is 1.82. The van der Waals surface area contributed by atoms with Crippen molar-refractivity contribution in [1.29, 1.82) is 0 Å². The van der Waals surface area contributed by atoms with Gasteiger partial charge in [-0.1, -0.05) is 24.3 Å². The zero-order valence-electron chi connectivity index (χ0n) is 10.8. The second kappa shape index (κ2) is 5.34.